The van der Waals surface area contributed by atoms with Gasteiger partial charge < -0.3 is 9.73 Å². The van der Waals surface area contributed by atoms with Crippen molar-refractivity contribution in [1.29, 1.82) is 0 Å². The molecule has 0 spiro atoms. The number of anilines is 1. The van der Waals surface area contributed by atoms with Crippen molar-refractivity contribution in [2.75, 3.05) is 5.32 Å². The van der Waals surface area contributed by atoms with Gasteiger partial charge in [0.2, 0.25) is 5.89 Å². The molecule has 6 nitrogen and oxygen atoms in total. The van der Waals surface area contributed by atoms with E-state index in [1.54, 1.807) is 0 Å². The topological polar surface area (TPSA) is 68.8 Å². The summed E-state index contributed by atoms with van der Waals surface area (Å²) in [5, 5.41) is 17.0. The molecule has 0 fully saturated rings. The first kappa shape index (κ1) is 14.6. The minimum atomic E-state index is -0.151. The number of rotatable bonds is 3. The Morgan fingerprint density at radius 1 is 1.23 bits per heavy atom. The Hall–Kier alpha value is -2.37. The molecule has 0 aliphatic rings. The van der Waals surface area contributed by atoms with Crippen molar-refractivity contribution in [3.05, 3.63) is 35.3 Å². The van der Waals surface area contributed by atoms with Crippen LogP contribution in [0.5, 0.6) is 0 Å². The summed E-state index contributed by atoms with van der Waals surface area (Å²) in [4.78, 5) is 0. The molecule has 0 aliphatic carbocycles. The minimum Gasteiger partial charge on any atom is -0.408 e. The van der Waals surface area contributed by atoms with E-state index in [-0.39, 0.29) is 5.41 Å². The first-order chi connectivity index (χ1) is 10.3. The van der Waals surface area contributed by atoms with Gasteiger partial charge in [-0.25, -0.2) is 0 Å². The lowest BCUT2D eigenvalue weighted by Gasteiger charge is -2.10. The number of nitrogens with one attached hydrogen (secondary N) is 1. The van der Waals surface area contributed by atoms with Gasteiger partial charge in [0.05, 0.1) is 17.8 Å². The van der Waals surface area contributed by atoms with Crippen LogP contribution in [-0.4, -0.2) is 20.0 Å². The number of hydrogen-bond acceptors (Lipinski definition) is 5. The van der Waals surface area contributed by atoms with Crippen molar-refractivity contribution in [3.8, 4) is 0 Å². The summed E-state index contributed by atoms with van der Waals surface area (Å²) in [5.41, 5.74) is 3.15. The summed E-state index contributed by atoms with van der Waals surface area (Å²) in [6, 6.07) is 6.75. The van der Waals surface area contributed by atoms with Crippen LogP contribution in [0.3, 0.4) is 0 Å². The van der Waals surface area contributed by atoms with Gasteiger partial charge >= 0.3 is 6.01 Å². The second-order valence-electron chi connectivity index (χ2n) is 6.61. The molecular weight excluding hydrogens is 278 g/mol. The van der Waals surface area contributed by atoms with Crippen molar-refractivity contribution in [2.45, 2.75) is 39.7 Å². The fourth-order valence-electron chi connectivity index (χ4n) is 2.34. The maximum absolute atomic E-state index is 5.64. The minimum absolute atomic E-state index is 0.151. The van der Waals surface area contributed by atoms with Gasteiger partial charge in [-0.2, -0.15) is 5.10 Å². The quantitative estimate of drug-likeness (QED) is 0.804. The lowest BCUT2D eigenvalue weighted by atomic mass is 9.97. The fraction of sp³-hybridized carbons (Fsp3) is 0.438. The van der Waals surface area contributed by atoms with Gasteiger partial charge in [-0.05, 0) is 19.1 Å². The van der Waals surface area contributed by atoms with Crippen molar-refractivity contribution in [1.82, 2.24) is 20.0 Å². The highest BCUT2D eigenvalue weighted by atomic mass is 16.4. The Balaban J connectivity index is 1.82. The van der Waals surface area contributed by atoms with Crippen LogP contribution in [0, 0.1) is 6.92 Å². The Morgan fingerprint density at radius 2 is 2.00 bits per heavy atom. The van der Waals surface area contributed by atoms with Gasteiger partial charge in [0.25, 0.3) is 0 Å². The maximum Gasteiger partial charge on any atom is 0.315 e. The SMILES string of the molecule is Cc1ccc2c(c1)c(CNc1nnc(C(C)(C)C)o1)nn2C. The number of fused-ring (bicyclic) bond motifs is 1. The third-order valence-electron chi connectivity index (χ3n) is 3.56. The van der Waals surface area contributed by atoms with E-state index in [1.165, 1.54) is 5.56 Å². The second kappa shape index (κ2) is 5.12. The van der Waals surface area contributed by atoms with Crippen LogP contribution >= 0.6 is 0 Å². The largest absolute Gasteiger partial charge is 0.408 e. The molecule has 0 bridgehead atoms. The smallest absolute Gasteiger partial charge is 0.315 e. The third kappa shape index (κ3) is 2.68. The molecule has 0 atom stereocenters. The predicted octanol–water partition coefficient (Wildman–Crippen LogP) is 3.17. The summed E-state index contributed by atoms with van der Waals surface area (Å²) >= 11 is 0. The van der Waals surface area contributed by atoms with E-state index in [9.17, 15) is 0 Å². The van der Waals surface area contributed by atoms with Crippen molar-refractivity contribution < 1.29 is 4.42 Å². The summed E-state index contributed by atoms with van der Waals surface area (Å²) in [6.07, 6.45) is 0. The number of aromatic nitrogens is 4. The highest BCUT2D eigenvalue weighted by molar-refractivity contribution is 5.82. The molecule has 1 N–H and O–H groups in total. The van der Waals surface area contributed by atoms with Crippen LogP contribution in [0.2, 0.25) is 0 Å². The fourth-order valence-corrected chi connectivity index (χ4v) is 2.34. The number of nitrogens with zero attached hydrogens (tertiary/aromatic N) is 4. The van der Waals surface area contributed by atoms with E-state index >= 15 is 0 Å². The van der Waals surface area contributed by atoms with E-state index in [4.69, 9.17) is 4.42 Å². The number of aryl methyl sites for hydroxylation is 2. The van der Waals surface area contributed by atoms with Gasteiger partial charge in [-0.15, -0.1) is 5.10 Å². The maximum atomic E-state index is 5.64. The Labute approximate surface area is 129 Å². The molecule has 0 amide bonds. The van der Waals surface area contributed by atoms with E-state index < -0.39 is 0 Å². The molecule has 0 saturated carbocycles. The Kier molecular flexibility index (Phi) is 3.39. The van der Waals surface area contributed by atoms with Crippen molar-refractivity contribution >= 4 is 16.9 Å². The lowest BCUT2D eigenvalue weighted by Crippen LogP contribution is -2.11. The van der Waals surface area contributed by atoms with Crippen LogP contribution in [0.1, 0.15) is 37.9 Å². The van der Waals surface area contributed by atoms with Crippen molar-refractivity contribution in [3.63, 3.8) is 0 Å². The zero-order chi connectivity index (χ0) is 15.9. The second-order valence-corrected chi connectivity index (χ2v) is 6.61. The van der Waals surface area contributed by atoms with Crippen LogP contribution in [0.15, 0.2) is 22.6 Å². The molecule has 3 rings (SSSR count). The summed E-state index contributed by atoms with van der Waals surface area (Å²) < 4.78 is 7.53. The zero-order valence-corrected chi connectivity index (χ0v) is 13.6. The van der Waals surface area contributed by atoms with Gasteiger partial charge in [-0.1, -0.05) is 37.5 Å². The molecule has 3 aromatic rings. The highest BCUT2D eigenvalue weighted by Gasteiger charge is 2.21. The van der Waals surface area contributed by atoms with E-state index in [0.717, 1.165) is 16.6 Å². The molecule has 0 unspecified atom stereocenters. The van der Waals surface area contributed by atoms with Gasteiger partial charge in [0.15, 0.2) is 0 Å². The summed E-state index contributed by atoms with van der Waals surface area (Å²) in [5.74, 6) is 0.622. The number of benzene rings is 1. The van der Waals surface area contributed by atoms with Crippen LogP contribution in [0.25, 0.3) is 10.9 Å². The molecule has 1 aromatic carbocycles. The molecule has 0 saturated heterocycles. The first-order valence-electron chi connectivity index (χ1n) is 7.35. The monoisotopic (exact) mass is 299 g/mol. The Bertz CT molecular complexity index is 810. The van der Waals surface area contributed by atoms with Crippen LogP contribution < -0.4 is 5.32 Å². The van der Waals surface area contributed by atoms with Gasteiger partial charge in [-0.3, -0.25) is 4.68 Å². The standard InChI is InChI=1S/C16H21N5O/c1-10-6-7-13-11(8-10)12(20-21(13)5)9-17-15-19-18-14(22-15)16(2,3)4/h6-8H,9H2,1-5H3,(H,17,19). The van der Waals surface area contributed by atoms with Gasteiger partial charge in [0, 0.05) is 17.8 Å². The molecule has 2 aromatic heterocycles. The molecule has 22 heavy (non-hydrogen) atoms. The molecular formula is C16H21N5O. The average molecular weight is 299 g/mol. The van der Waals surface area contributed by atoms with E-state index in [1.807, 2.05) is 32.5 Å². The van der Waals surface area contributed by atoms with Crippen LogP contribution in [-0.2, 0) is 19.0 Å². The molecule has 0 aliphatic heterocycles. The first-order valence-corrected chi connectivity index (χ1v) is 7.35. The van der Waals surface area contributed by atoms with Crippen molar-refractivity contribution in [2.24, 2.45) is 7.05 Å². The van der Waals surface area contributed by atoms with Gasteiger partial charge in [0.1, 0.15) is 0 Å². The number of hydrogen-bond donors (Lipinski definition) is 1. The summed E-state index contributed by atoms with van der Waals surface area (Å²) in [7, 11) is 1.95. The third-order valence-corrected chi connectivity index (χ3v) is 3.56. The van der Waals surface area contributed by atoms with Crippen LogP contribution in [0.4, 0.5) is 6.01 Å². The van der Waals surface area contributed by atoms with E-state index in [2.05, 4.69) is 45.7 Å². The predicted molar refractivity (Wildman–Crippen MR) is 85.8 cm³/mol. The normalized spacial score (nSPS) is 12.0. The molecule has 0 radical (unpaired) electrons. The average Bonchev–Trinajstić information content (AvgIpc) is 3.01. The Morgan fingerprint density at radius 3 is 2.68 bits per heavy atom. The lowest BCUT2D eigenvalue weighted by molar-refractivity contribution is 0.399. The molecule has 116 valence electrons. The van der Waals surface area contributed by atoms with E-state index in [0.29, 0.717) is 18.5 Å². The zero-order valence-electron chi connectivity index (χ0n) is 13.6. The molecule has 6 heteroatoms. The summed E-state index contributed by atoms with van der Waals surface area (Å²) in [6.45, 7) is 8.75. The highest BCUT2D eigenvalue weighted by Crippen LogP contribution is 2.23. The molecule has 2 heterocycles.